The van der Waals surface area contributed by atoms with Crippen LogP contribution in [0.2, 0.25) is 0 Å². The minimum Gasteiger partial charge on any atom is -0.330 e. The maximum atomic E-state index is 12.1. The summed E-state index contributed by atoms with van der Waals surface area (Å²) in [5.41, 5.74) is 6.52. The largest absolute Gasteiger partial charge is 0.330 e. The number of para-hydroxylation sites is 1. The Morgan fingerprint density at radius 2 is 2.19 bits per heavy atom. The lowest BCUT2D eigenvalue weighted by atomic mass is 9.95. The highest BCUT2D eigenvalue weighted by atomic mass is 127. The molecule has 0 aliphatic carbocycles. The van der Waals surface area contributed by atoms with Gasteiger partial charge in [-0.2, -0.15) is 0 Å². The van der Waals surface area contributed by atoms with E-state index in [4.69, 9.17) is 5.73 Å². The third-order valence-corrected chi connectivity index (χ3v) is 4.63. The molecule has 1 aromatic rings. The van der Waals surface area contributed by atoms with Crippen LogP contribution >= 0.6 is 35.0 Å². The Bertz CT molecular complexity index is 456. The van der Waals surface area contributed by atoms with Crippen molar-refractivity contribution in [3.63, 3.8) is 0 Å². The van der Waals surface area contributed by atoms with Crippen LogP contribution < -0.4 is 11.1 Å². The van der Waals surface area contributed by atoms with Crippen molar-refractivity contribution in [1.82, 2.24) is 4.90 Å². The van der Waals surface area contributed by atoms with Gasteiger partial charge < -0.3 is 11.1 Å². The van der Waals surface area contributed by atoms with Crippen molar-refractivity contribution in [2.45, 2.75) is 19.3 Å². The van der Waals surface area contributed by atoms with E-state index in [9.17, 15) is 4.79 Å². The Morgan fingerprint density at radius 1 is 1.43 bits per heavy atom. The van der Waals surface area contributed by atoms with Crippen molar-refractivity contribution in [3.05, 3.63) is 27.8 Å². The molecular weight excluding hydrogens is 401 g/mol. The first-order valence-electron chi connectivity index (χ1n) is 7.16. The van der Waals surface area contributed by atoms with Gasteiger partial charge in [0.2, 0.25) is 5.91 Å². The van der Waals surface area contributed by atoms with Gasteiger partial charge in [0.1, 0.15) is 0 Å². The first-order chi connectivity index (χ1) is 9.69. The predicted molar refractivity (Wildman–Crippen MR) is 97.9 cm³/mol. The molecule has 1 fully saturated rings. The summed E-state index contributed by atoms with van der Waals surface area (Å²) >= 11 is 2.24. The molecule has 3 N–H and O–H groups in total. The zero-order chi connectivity index (χ0) is 14.4. The highest BCUT2D eigenvalue weighted by molar-refractivity contribution is 14.1. The van der Waals surface area contributed by atoms with Crippen LogP contribution in [0.1, 0.15) is 19.3 Å². The Balaban J connectivity index is 0.00000220. The molecule has 118 valence electrons. The SMILES string of the molecule is Cl.NCCC1CCCN(CC(=O)Nc2ccccc2I)C1. The molecule has 1 heterocycles. The lowest BCUT2D eigenvalue weighted by Gasteiger charge is -2.32. The summed E-state index contributed by atoms with van der Waals surface area (Å²) in [5.74, 6) is 0.723. The number of rotatable bonds is 5. The first kappa shape index (κ1) is 18.7. The summed E-state index contributed by atoms with van der Waals surface area (Å²) in [5, 5.41) is 2.99. The van der Waals surface area contributed by atoms with E-state index in [1.54, 1.807) is 0 Å². The maximum Gasteiger partial charge on any atom is 0.238 e. The lowest BCUT2D eigenvalue weighted by Crippen LogP contribution is -2.41. The molecule has 6 heteroatoms. The lowest BCUT2D eigenvalue weighted by molar-refractivity contribution is -0.117. The van der Waals surface area contributed by atoms with Crippen molar-refractivity contribution >= 4 is 46.6 Å². The Hall–Kier alpha value is -0.370. The fourth-order valence-corrected chi connectivity index (χ4v) is 3.24. The van der Waals surface area contributed by atoms with Crippen LogP contribution in [0, 0.1) is 9.49 Å². The fourth-order valence-electron chi connectivity index (χ4n) is 2.72. The summed E-state index contributed by atoms with van der Waals surface area (Å²) in [6.45, 7) is 3.23. The van der Waals surface area contributed by atoms with Crippen molar-refractivity contribution in [3.8, 4) is 0 Å². The summed E-state index contributed by atoms with van der Waals surface area (Å²) in [6.07, 6.45) is 3.47. The van der Waals surface area contributed by atoms with Gasteiger partial charge in [0, 0.05) is 10.1 Å². The minimum atomic E-state index is 0. The van der Waals surface area contributed by atoms with Gasteiger partial charge in [-0.3, -0.25) is 9.69 Å². The van der Waals surface area contributed by atoms with Crippen LogP contribution in [0.25, 0.3) is 0 Å². The normalized spacial score (nSPS) is 18.9. The van der Waals surface area contributed by atoms with Crippen LogP contribution in [0.15, 0.2) is 24.3 Å². The van der Waals surface area contributed by atoms with Crippen molar-refractivity contribution in [1.29, 1.82) is 0 Å². The number of piperidine rings is 1. The molecule has 1 saturated heterocycles. The number of benzene rings is 1. The number of hydrogen-bond acceptors (Lipinski definition) is 3. The molecular formula is C15H23ClIN3O. The average molecular weight is 424 g/mol. The second kappa shape index (κ2) is 9.61. The molecule has 1 unspecified atom stereocenters. The fraction of sp³-hybridized carbons (Fsp3) is 0.533. The molecule has 0 aromatic heterocycles. The molecule has 2 rings (SSSR count). The number of nitrogens with zero attached hydrogens (tertiary/aromatic N) is 1. The standard InChI is InChI=1S/C15H22IN3O.ClH/c16-13-5-1-2-6-14(13)18-15(20)11-19-9-3-4-12(10-19)7-8-17;/h1-2,5-6,12H,3-4,7-11,17H2,(H,18,20);1H. The van der Waals surface area contributed by atoms with Crippen molar-refractivity contribution in [2.24, 2.45) is 11.7 Å². The summed E-state index contributed by atoms with van der Waals surface area (Å²) in [6, 6.07) is 7.84. The van der Waals surface area contributed by atoms with Gasteiger partial charge >= 0.3 is 0 Å². The summed E-state index contributed by atoms with van der Waals surface area (Å²) in [7, 11) is 0. The second-order valence-corrected chi connectivity index (χ2v) is 6.51. The number of halogens is 2. The Kier molecular flexibility index (Phi) is 8.55. The van der Waals surface area contributed by atoms with Gasteiger partial charge in [0.15, 0.2) is 0 Å². The van der Waals surface area contributed by atoms with Gasteiger partial charge in [-0.15, -0.1) is 12.4 Å². The molecule has 0 saturated carbocycles. The number of carbonyl (C=O) groups excluding carboxylic acids is 1. The third kappa shape index (κ3) is 6.10. The maximum absolute atomic E-state index is 12.1. The van der Waals surface area contributed by atoms with Crippen LogP contribution in [0.5, 0.6) is 0 Å². The predicted octanol–water partition coefficient (Wildman–Crippen LogP) is 2.71. The van der Waals surface area contributed by atoms with E-state index in [1.165, 1.54) is 12.8 Å². The number of nitrogens with two attached hydrogens (primary N) is 1. The Labute approximate surface area is 146 Å². The second-order valence-electron chi connectivity index (χ2n) is 5.35. The number of amides is 1. The highest BCUT2D eigenvalue weighted by Crippen LogP contribution is 2.20. The number of hydrogen-bond donors (Lipinski definition) is 2. The van der Waals surface area contributed by atoms with Crippen molar-refractivity contribution in [2.75, 3.05) is 31.5 Å². The molecule has 1 aliphatic rings. The van der Waals surface area contributed by atoms with Gasteiger partial charge in [0.05, 0.1) is 12.2 Å². The van der Waals surface area contributed by atoms with Gasteiger partial charge in [-0.1, -0.05) is 12.1 Å². The van der Waals surface area contributed by atoms with E-state index in [0.717, 1.165) is 35.3 Å². The number of nitrogens with one attached hydrogen (secondary N) is 1. The average Bonchev–Trinajstić information content (AvgIpc) is 2.42. The van der Waals surface area contributed by atoms with Crippen LogP contribution in [0.3, 0.4) is 0 Å². The van der Waals surface area contributed by atoms with E-state index in [1.807, 2.05) is 24.3 Å². The van der Waals surface area contributed by atoms with Gasteiger partial charge in [-0.05, 0) is 73.0 Å². The molecule has 0 radical (unpaired) electrons. The number of carbonyl (C=O) groups is 1. The van der Waals surface area contributed by atoms with Crippen molar-refractivity contribution < 1.29 is 4.79 Å². The van der Waals surface area contributed by atoms with Crippen LogP contribution in [-0.4, -0.2) is 37.0 Å². The summed E-state index contributed by atoms with van der Waals surface area (Å²) < 4.78 is 1.07. The third-order valence-electron chi connectivity index (χ3n) is 3.69. The first-order valence-corrected chi connectivity index (χ1v) is 8.23. The molecule has 1 aliphatic heterocycles. The van der Waals surface area contributed by atoms with E-state index >= 15 is 0 Å². The van der Waals surface area contributed by atoms with Crippen LogP contribution in [-0.2, 0) is 4.79 Å². The number of anilines is 1. The van der Waals surface area contributed by atoms with Gasteiger partial charge in [0.25, 0.3) is 0 Å². The van der Waals surface area contributed by atoms with E-state index < -0.39 is 0 Å². The van der Waals surface area contributed by atoms with Crippen LogP contribution in [0.4, 0.5) is 5.69 Å². The molecule has 1 aromatic carbocycles. The molecule has 0 spiro atoms. The van der Waals surface area contributed by atoms with E-state index in [0.29, 0.717) is 12.5 Å². The minimum absolute atomic E-state index is 0. The quantitative estimate of drug-likeness (QED) is 0.716. The topological polar surface area (TPSA) is 58.4 Å². The zero-order valence-electron chi connectivity index (χ0n) is 12.1. The Morgan fingerprint density at radius 3 is 2.90 bits per heavy atom. The molecule has 21 heavy (non-hydrogen) atoms. The zero-order valence-corrected chi connectivity index (χ0v) is 15.0. The number of likely N-dealkylation sites (tertiary alicyclic amines) is 1. The highest BCUT2D eigenvalue weighted by Gasteiger charge is 2.21. The van der Waals surface area contributed by atoms with E-state index in [2.05, 4.69) is 32.8 Å². The molecule has 0 bridgehead atoms. The van der Waals surface area contributed by atoms with E-state index in [-0.39, 0.29) is 18.3 Å². The van der Waals surface area contributed by atoms with Gasteiger partial charge in [-0.25, -0.2) is 0 Å². The molecule has 1 amide bonds. The summed E-state index contributed by atoms with van der Waals surface area (Å²) in [4.78, 5) is 14.4. The smallest absolute Gasteiger partial charge is 0.238 e. The monoisotopic (exact) mass is 423 g/mol. The molecule has 4 nitrogen and oxygen atoms in total. The molecule has 1 atom stereocenters.